The van der Waals surface area contributed by atoms with Crippen molar-refractivity contribution in [2.75, 3.05) is 26.2 Å². The third-order valence-corrected chi connectivity index (χ3v) is 4.19. The highest BCUT2D eigenvalue weighted by atomic mass is 16.2. The summed E-state index contributed by atoms with van der Waals surface area (Å²) in [5.41, 5.74) is 5.88. The molecule has 0 radical (unpaired) electrons. The van der Waals surface area contributed by atoms with Crippen molar-refractivity contribution in [1.82, 2.24) is 15.1 Å². The summed E-state index contributed by atoms with van der Waals surface area (Å²) in [6.45, 7) is 3.59. The van der Waals surface area contributed by atoms with Crippen molar-refractivity contribution in [2.45, 2.75) is 44.7 Å². The van der Waals surface area contributed by atoms with Crippen molar-refractivity contribution in [1.29, 1.82) is 0 Å². The highest BCUT2D eigenvalue weighted by Crippen LogP contribution is 2.15. The number of nitrogens with zero attached hydrogens (tertiary/aromatic N) is 2. The first-order chi connectivity index (χ1) is 9.95. The van der Waals surface area contributed by atoms with E-state index in [9.17, 15) is 14.4 Å². The lowest BCUT2D eigenvalue weighted by molar-refractivity contribution is -0.136. The van der Waals surface area contributed by atoms with Gasteiger partial charge in [-0.3, -0.25) is 24.6 Å². The Bertz CT molecular complexity index is 426. The maximum absolute atomic E-state index is 11.9. The molecule has 0 aromatic rings. The molecule has 21 heavy (non-hydrogen) atoms. The lowest BCUT2D eigenvalue weighted by Gasteiger charge is -2.35. The van der Waals surface area contributed by atoms with Crippen LogP contribution in [0.1, 0.15) is 32.6 Å². The van der Waals surface area contributed by atoms with Gasteiger partial charge in [0.2, 0.25) is 17.7 Å². The van der Waals surface area contributed by atoms with Gasteiger partial charge in [0.1, 0.15) is 0 Å². The van der Waals surface area contributed by atoms with E-state index in [0.717, 1.165) is 25.8 Å². The van der Waals surface area contributed by atoms with Gasteiger partial charge in [0, 0.05) is 31.6 Å². The van der Waals surface area contributed by atoms with Crippen LogP contribution in [0.5, 0.6) is 0 Å². The van der Waals surface area contributed by atoms with Crippen molar-refractivity contribution < 1.29 is 14.4 Å². The third kappa shape index (κ3) is 4.50. The lowest BCUT2D eigenvalue weighted by Crippen LogP contribution is -2.50. The summed E-state index contributed by atoms with van der Waals surface area (Å²) >= 11 is 0. The van der Waals surface area contributed by atoms with Gasteiger partial charge < -0.3 is 10.6 Å². The van der Waals surface area contributed by atoms with Gasteiger partial charge in [0.25, 0.3) is 0 Å². The largest absolute Gasteiger partial charge is 0.333 e. The number of amides is 3. The molecule has 2 aliphatic heterocycles. The first-order valence-electron chi connectivity index (χ1n) is 7.56. The van der Waals surface area contributed by atoms with Crippen LogP contribution in [-0.4, -0.2) is 65.8 Å². The van der Waals surface area contributed by atoms with Gasteiger partial charge in [-0.25, -0.2) is 0 Å². The van der Waals surface area contributed by atoms with Gasteiger partial charge in [0.05, 0.1) is 13.1 Å². The molecular formula is C14H24N4O3. The third-order valence-electron chi connectivity index (χ3n) is 4.19. The minimum absolute atomic E-state index is 0.0174. The number of carbonyl (C=O) groups is 3. The first-order valence-corrected chi connectivity index (χ1v) is 7.56. The molecule has 0 bridgehead atoms. The fraction of sp³-hybridized carbons (Fsp3) is 0.786. The molecule has 0 spiro atoms. The lowest BCUT2D eigenvalue weighted by atomic mass is 9.99. The zero-order valence-corrected chi connectivity index (χ0v) is 12.5. The Morgan fingerprint density at radius 3 is 2.62 bits per heavy atom. The highest BCUT2D eigenvalue weighted by molar-refractivity contribution is 5.98. The molecule has 2 atom stereocenters. The zero-order chi connectivity index (χ0) is 15.4. The molecule has 0 aliphatic carbocycles. The molecule has 7 nitrogen and oxygen atoms in total. The molecule has 0 saturated carbocycles. The Balaban J connectivity index is 1.73. The SMILES string of the molecule is CC1CC(N)CCN1CC(=O)NC(=O)CN1CCCC1=O. The van der Waals surface area contributed by atoms with E-state index in [0.29, 0.717) is 13.0 Å². The number of nitrogens with two attached hydrogens (primary N) is 1. The average Bonchev–Trinajstić information content (AvgIpc) is 2.78. The number of carbonyl (C=O) groups excluding carboxylic acids is 3. The summed E-state index contributed by atoms with van der Waals surface area (Å²) in [5, 5.41) is 2.36. The summed E-state index contributed by atoms with van der Waals surface area (Å²) in [7, 11) is 0. The van der Waals surface area contributed by atoms with Gasteiger partial charge >= 0.3 is 0 Å². The summed E-state index contributed by atoms with van der Waals surface area (Å²) in [6, 6.07) is 0.442. The Labute approximate surface area is 124 Å². The van der Waals surface area contributed by atoms with Crippen LogP contribution in [0.25, 0.3) is 0 Å². The molecule has 0 aromatic carbocycles. The monoisotopic (exact) mass is 296 g/mol. The Morgan fingerprint density at radius 1 is 1.29 bits per heavy atom. The smallest absolute Gasteiger partial charge is 0.246 e. The van der Waals surface area contributed by atoms with Crippen molar-refractivity contribution in [3.8, 4) is 0 Å². The van der Waals surface area contributed by atoms with Crippen molar-refractivity contribution in [2.24, 2.45) is 5.73 Å². The molecule has 2 rings (SSSR count). The van der Waals surface area contributed by atoms with Crippen LogP contribution in [-0.2, 0) is 14.4 Å². The van der Waals surface area contributed by atoms with Crippen molar-refractivity contribution in [3.63, 3.8) is 0 Å². The Hall–Kier alpha value is -1.47. The van der Waals surface area contributed by atoms with Crippen LogP contribution in [0.15, 0.2) is 0 Å². The number of imide groups is 1. The summed E-state index contributed by atoms with van der Waals surface area (Å²) < 4.78 is 0. The highest BCUT2D eigenvalue weighted by Gasteiger charge is 2.26. The average molecular weight is 296 g/mol. The maximum Gasteiger partial charge on any atom is 0.246 e. The summed E-state index contributed by atoms with van der Waals surface area (Å²) in [6.07, 6.45) is 3.01. The topological polar surface area (TPSA) is 95.7 Å². The molecule has 3 amide bonds. The molecule has 2 unspecified atom stereocenters. The van der Waals surface area contributed by atoms with Crippen LogP contribution in [0.2, 0.25) is 0 Å². The van der Waals surface area contributed by atoms with E-state index in [1.807, 2.05) is 11.8 Å². The molecule has 7 heteroatoms. The van der Waals surface area contributed by atoms with Crippen LogP contribution >= 0.6 is 0 Å². The molecule has 2 fully saturated rings. The minimum Gasteiger partial charge on any atom is -0.333 e. The summed E-state index contributed by atoms with van der Waals surface area (Å²) in [5.74, 6) is -0.734. The van der Waals surface area contributed by atoms with E-state index in [2.05, 4.69) is 5.32 Å². The molecule has 2 aliphatic rings. The quantitative estimate of drug-likeness (QED) is 0.698. The van der Waals surface area contributed by atoms with Crippen LogP contribution < -0.4 is 11.1 Å². The van der Waals surface area contributed by atoms with Crippen molar-refractivity contribution >= 4 is 17.7 Å². The van der Waals surface area contributed by atoms with E-state index in [4.69, 9.17) is 5.73 Å². The van der Waals surface area contributed by atoms with Gasteiger partial charge in [-0.1, -0.05) is 0 Å². The molecule has 2 heterocycles. The Morgan fingerprint density at radius 2 is 2.00 bits per heavy atom. The minimum atomic E-state index is -0.406. The standard InChI is InChI=1S/C14H24N4O3/c1-10-7-11(15)4-6-17(10)8-12(19)16-13(20)9-18-5-2-3-14(18)21/h10-11H,2-9,15H2,1H3,(H,16,19,20). The molecule has 118 valence electrons. The van der Waals surface area contributed by atoms with Gasteiger partial charge in [-0.05, 0) is 26.2 Å². The fourth-order valence-corrected chi connectivity index (χ4v) is 2.96. The van der Waals surface area contributed by atoms with E-state index < -0.39 is 5.91 Å². The second-order valence-corrected chi connectivity index (χ2v) is 5.99. The molecule has 2 saturated heterocycles. The van der Waals surface area contributed by atoms with Gasteiger partial charge in [-0.15, -0.1) is 0 Å². The molecule has 0 aromatic heterocycles. The molecular weight excluding hydrogens is 272 g/mol. The van der Waals surface area contributed by atoms with E-state index in [1.165, 1.54) is 4.90 Å². The Kier molecular flexibility index (Phi) is 5.30. The second-order valence-electron chi connectivity index (χ2n) is 5.99. The predicted molar refractivity (Wildman–Crippen MR) is 77.2 cm³/mol. The van der Waals surface area contributed by atoms with Crippen molar-refractivity contribution in [3.05, 3.63) is 0 Å². The second kappa shape index (κ2) is 7.00. The van der Waals surface area contributed by atoms with E-state index >= 15 is 0 Å². The fourth-order valence-electron chi connectivity index (χ4n) is 2.96. The zero-order valence-electron chi connectivity index (χ0n) is 12.5. The first kappa shape index (κ1) is 15.9. The van der Waals surface area contributed by atoms with E-state index in [-0.39, 0.29) is 37.0 Å². The van der Waals surface area contributed by atoms with Crippen LogP contribution in [0.3, 0.4) is 0 Å². The number of rotatable bonds is 4. The number of hydrogen-bond acceptors (Lipinski definition) is 5. The number of nitrogens with one attached hydrogen (secondary N) is 1. The van der Waals surface area contributed by atoms with Crippen LogP contribution in [0.4, 0.5) is 0 Å². The maximum atomic E-state index is 11.9. The number of piperidine rings is 1. The van der Waals surface area contributed by atoms with E-state index in [1.54, 1.807) is 0 Å². The number of likely N-dealkylation sites (tertiary alicyclic amines) is 2. The normalized spacial score (nSPS) is 27.0. The van der Waals surface area contributed by atoms with Gasteiger partial charge in [-0.2, -0.15) is 0 Å². The predicted octanol–water partition coefficient (Wildman–Crippen LogP) is -0.937. The summed E-state index contributed by atoms with van der Waals surface area (Å²) in [4.78, 5) is 38.6. The van der Waals surface area contributed by atoms with Crippen LogP contribution in [0, 0.1) is 0 Å². The number of hydrogen-bond donors (Lipinski definition) is 2. The van der Waals surface area contributed by atoms with Gasteiger partial charge in [0.15, 0.2) is 0 Å². The molecule has 3 N–H and O–H groups in total.